The SMILES string of the molecule is CC1(C)CCCC(O)(CN=C(N)N2CCN(c3ncccn3)CC2)C1. The topological polar surface area (TPSA) is 90.9 Å². The summed E-state index contributed by atoms with van der Waals surface area (Å²) in [6, 6.07) is 1.82. The average Bonchev–Trinajstić information content (AvgIpc) is 2.60. The van der Waals surface area contributed by atoms with Crippen LogP contribution in [0.2, 0.25) is 0 Å². The van der Waals surface area contributed by atoms with Crippen LogP contribution in [0.3, 0.4) is 0 Å². The molecule has 1 saturated carbocycles. The van der Waals surface area contributed by atoms with E-state index in [0.29, 0.717) is 12.5 Å². The number of anilines is 1. The van der Waals surface area contributed by atoms with Crippen LogP contribution in [0.25, 0.3) is 0 Å². The van der Waals surface area contributed by atoms with Crippen LogP contribution in [-0.4, -0.2) is 64.3 Å². The van der Waals surface area contributed by atoms with Gasteiger partial charge in [0, 0.05) is 38.6 Å². The van der Waals surface area contributed by atoms with Crippen molar-refractivity contribution >= 4 is 11.9 Å². The Morgan fingerprint density at radius 1 is 1.20 bits per heavy atom. The molecular formula is C18H30N6O. The van der Waals surface area contributed by atoms with Gasteiger partial charge in [-0.05, 0) is 37.2 Å². The maximum atomic E-state index is 10.8. The predicted molar refractivity (Wildman–Crippen MR) is 99.5 cm³/mol. The summed E-state index contributed by atoms with van der Waals surface area (Å²) in [5, 5.41) is 10.8. The van der Waals surface area contributed by atoms with Crippen LogP contribution in [-0.2, 0) is 0 Å². The Labute approximate surface area is 150 Å². The third-order valence-corrected chi connectivity index (χ3v) is 5.28. The number of piperazine rings is 1. The van der Waals surface area contributed by atoms with Gasteiger partial charge in [-0.1, -0.05) is 13.8 Å². The molecule has 0 bridgehead atoms. The Balaban J connectivity index is 1.53. The molecule has 1 aromatic rings. The fourth-order valence-electron chi connectivity index (χ4n) is 4.02. The minimum atomic E-state index is -0.716. The Kier molecular flexibility index (Phi) is 5.13. The Morgan fingerprint density at radius 3 is 2.52 bits per heavy atom. The zero-order chi connectivity index (χ0) is 17.9. The van der Waals surface area contributed by atoms with Crippen molar-refractivity contribution in [3.05, 3.63) is 18.5 Å². The molecule has 0 spiro atoms. The van der Waals surface area contributed by atoms with E-state index in [4.69, 9.17) is 5.73 Å². The first kappa shape index (κ1) is 17.9. The van der Waals surface area contributed by atoms with Crippen LogP contribution < -0.4 is 10.6 Å². The summed E-state index contributed by atoms with van der Waals surface area (Å²) in [5.41, 5.74) is 5.65. The average molecular weight is 346 g/mol. The summed E-state index contributed by atoms with van der Waals surface area (Å²) in [5.74, 6) is 1.29. The van der Waals surface area contributed by atoms with E-state index in [2.05, 4.69) is 38.6 Å². The first-order valence-corrected chi connectivity index (χ1v) is 9.16. The molecule has 1 atom stereocenters. The standard InChI is InChI=1S/C18H30N6O/c1-17(2)5-3-6-18(25,13-17)14-22-15(19)23-9-11-24(12-10-23)16-20-7-4-8-21-16/h4,7-8,25H,3,5-6,9-14H2,1-2H3,(H2,19,22). The van der Waals surface area contributed by atoms with Gasteiger partial charge in [0.25, 0.3) is 0 Å². The van der Waals surface area contributed by atoms with Gasteiger partial charge in [-0.3, -0.25) is 4.99 Å². The lowest BCUT2D eigenvalue weighted by atomic mass is 9.70. The molecule has 2 heterocycles. The lowest BCUT2D eigenvalue weighted by Gasteiger charge is -2.41. The van der Waals surface area contributed by atoms with E-state index in [9.17, 15) is 5.11 Å². The van der Waals surface area contributed by atoms with Crippen LogP contribution >= 0.6 is 0 Å². The van der Waals surface area contributed by atoms with Crippen molar-refractivity contribution in [2.75, 3.05) is 37.6 Å². The van der Waals surface area contributed by atoms with Crippen LogP contribution in [0, 0.1) is 5.41 Å². The minimum Gasteiger partial charge on any atom is -0.388 e. The second-order valence-corrected chi connectivity index (χ2v) is 8.12. The highest BCUT2D eigenvalue weighted by Crippen LogP contribution is 2.41. The molecule has 1 saturated heterocycles. The molecule has 25 heavy (non-hydrogen) atoms. The van der Waals surface area contributed by atoms with E-state index in [1.54, 1.807) is 12.4 Å². The number of guanidine groups is 1. The Bertz CT molecular complexity index is 597. The molecule has 1 aliphatic heterocycles. The summed E-state index contributed by atoms with van der Waals surface area (Å²) in [6.07, 6.45) is 7.34. The van der Waals surface area contributed by atoms with Crippen LogP contribution in [0.1, 0.15) is 39.5 Å². The van der Waals surface area contributed by atoms with Crippen molar-refractivity contribution in [3.8, 4) is 0 Å². The maximum absolute atomic E-state index is 10.8. The summed E-state index contributed by atoms with van der Waals surface area (Å²) >= 11 is 0. The van der Waals surface area contributed by atoms with E-state index in [0.717, 1.165) is 57.8 Å². The molecule has 3 N–H and O–H groups in total. The highest BCUT2D eigenvalue weighted by Gasteiger charge is 2.38. The van der Waals surface area contributed by atoms with Gasteiger partial charge in [-0.15, -0.1) is 0 Å². The largest absolute Gasteiger partial charge is 0.388 e. The normalized spacial score (nSPS) is 27.4. The van der Waals surface area contributed by atoms with Crippen molar-refractivity contribution in [2.45, 2.75) is 45.1 Å². The quantitative estimate of drug-likeness (QED) is 0.632. The van der Waals surface area contributed by atoms with Gasteiger partial charge >= 0.3 is 0 Å². The van der Waals surface area contributed by atoms with Gasteiger partial charge in [0.05, 0.1) is 12.1 Å². The Morgan fingerprint density at radius 2 is 1.88 bits per heavy atom. The highest BCUT2D eigenvalue weighted by molar-refractivity contribution is 5.78. The lowest BCUT2D eigenvalue weighted by molar-refractivity contribution is -0.0308. The molecule has 0 radical (unpaired) electrons. The van der Waals surface area contributed by atoms with E-state index >= 15 is 0 Å². The van der Waals surface area contributed by atoms with Crippen molar-refractivity contribution in [1.29, 1.82) is 0 Å². The van der Waals surface area contributed by atoms with E-state index in [1.165, 1.54) is 0 Å². The molecular weight excluding hydrogens is 316 g/mol. The third-order valence-electron chi connectivity index (χ3n) is 5.28. The monoisotopic (exact) mass is 346 g/mol. The second-order valence-electron chi connectivity index (χ2n) is 8.12. The molecule has 1 aromatic heterocycles. The first-order chi connectivity index (χ1) is 11.9. The van der Waals surface area contributed by atoms with Gasteiger partial charge in [0.1, 0.15) is 0 Å². The van der Waals surface area contributed by atoms with Gasteiger partial charge in [-0.25, -0.2) is 9.97 Å². The maximum Gasteiger partial charge on any atom is 0.225 e. The van der Waals surface area contributed by atoms with E-state index in [-0.39, 0.29) is 5.41 Å². The summed E-state index contributed by atoms with van der Waals surface area (Å²) in [7, 11) is 0. The summed E-state index contributed by atoms with van der Waals surface area (Å²) in [4.78, 5) is 17.3. The third kappa shape index (κ3) is 4.60. The fourth-order valence-corrected chi connectivity index (χ4v) is 4.02. The van der Waals surface area contributed by atoms with Crippen molar-refractivity contribution in [2.24, 2.45) is 16.1 Å². The highest BCUT2D eigenvalue weighted by atomic mass is 16.3. The molecule has 7 heteroatoms. The lowest BCUT2D eigenvalue weighted by Crippen LogP contribution is -2.52. The summed E-state index contributed by atoms with van der Waals surface area (Å²) < 4.78 is 0. The molecule has 7 nitrogen and oxygen atoms in total. The summed E-state index contributed by atoms with van der Waals surface area (Å²) in [6.45, 7) is 8.04. The van der Waals surface area contributed by atoms with Crippen LogP contribution in [0.15, 0.2) is 23.5 Å². The molecule has 0 aromatic carbocycles. The molecule has 3 rings (SSSR count). The van der Waals surface area contributed by atoms with Crippen LogP contribution in [0.5, 0.6) is 0 Å². The zero-order valence-electron chi connectivity index (χ0n) is 15.4. The molecule has 1 aliphatic carbocycles. The number of nitrogens with zero attached hydrogens (tertiary/aromatic N) is 5. The number of hydrogen-bond acceptors (Lipinski definition) is 5. The number of aliphatic imine (C=N–C) groups is 1. The zero-order valence-corrected chi connectivity index (χ0v) is 15.4. The number of aromatic nitrogens is 2. The van der Waals surface area contributed by atoms with E-state index < -0.39 is 5.60 Å². The smallest absolute Gasteiger partial charge is 0.225 e. The van der Waals surface area contributed by atoms with E-state index in [1.807, 2.05) is 6.07 Å². The minimum absolute atomic E-state index is 0.179. The van der Waals surface area contributed by atoms with Crippen molar-refractivity contribution < 1.29 is 5.11 Å². The van der Waals surface area contributed by atoms with Crippen LogP contribution in [0.4, 0.5) is 5.95 Å². The number of aliphatic hydroxyl groups is 1. The number of rotatable bonds is 3. The molecule has 138 valence electrons. The van der Waals surface area contributed by atoms with Gasteiger partial charge in [-0.2, -0.15) is 0 Å². The predicted octanol–water partition coefficient (Wildman–Crippen LogP) is 1.24. The first-order valence-electron chi connectivity index (χ1n) is 9.16. The van der Waals surface area contributed by atoms with Gasteiger partial charge in [0.2, 0.25) is 5.95 Å². The second kappa shape index (κ2) is 7.15. The van der Waals surface area contributed by atoms with Crippen molar-refractivity contribution in [1.82, 2.24) is 14.9 Å². The molecule has 2 aliphatic rings. The molecule has 0 amide bonds. The van der Waals surface area contributed by atoms with Gasteiger partial charge < -0.3 is 20.6 Å². The fraction of sp³-hybridized carbons (Fsp3) is 0.722. The number of nitrogens with two attached hydrogens (primary N) is 1. The molecule has 1 unspecified atom stereocenters. The molecule has 2 fully saturated rings. The number of hydrogen-bond donors (Lipinski definition) is 2. The van der Waals surface area contributed by atoms with Crippen molar-refractivity contribution in [3.63, 3.8) is 0 Å². The Hall–Kier alpha value is -1.89. The van der Waals surface area contributed by atoms with Gasteiger partial charge in [0.15, 0.2) is 5.96 Å².